The summed E-state index contributed by atoms with van der Waals surface area (Å²) in [6.07, 6.45) is 3.96. The zero-order valence-electron chi connectivity index (χ0n) is 17.2. The van der Waals surface area contributed by atoms with E-state index in [0.717, 1.165) is 32.6 Å². The number of hydrogen-bond acceptors (Lipinski definition) is 4. The first-order chi connectivity index (χ1) is 15.6. The summed E-state index contributed by atoms with van der Waals surface area (Å²) in [5, 5.41) is 0. The molecule has 158 valence electrons. The van der Waals surface area contributed by atoms with Crippen LogP contribution in [0.4, 0.5) is 0 Å². The quantitative estimate of drug-likeness (QED) is 0.403. The molecule has 0 fully saturated rings. The molecule has 32 heavy (non-hydrogen) atoms. The number of nitrogens with zero attached hydrogens (tertiary/aromatic N) is 2. The zero-order valence-corrected chi connectivity index (χ0v) is 19.6. The van der Waals surface area contributed by atoms with Crippen LogP contribution in [-0.4, -0.2) is 11.7 Å². The van der Waals surface area contributed by atoms with Gasteiger partial charge in [0.25, 0.3) is 5.56 Å². The molecule has 3 aromatic carbocycles. The summed E-state index contributed by atoms with van der Waals surface area (Å²) in [7, 11) is 1.64. The van der Waals surface area contributed by atoms with Crippen LogP contribution in [-0.2, 0) is 0 Å². The Morgan fingerprint density at radius 3 is 2.56 bits per heavy atom. The average molecular weight is 503 g/mol. The van der Waals surface area contributed by atoms with Crippen molar-refractivity contribution in [1.29, 1.82) is 0 Å². The topological polar surface area (TPSA) is 43.6 Å². The summed E-state index contributed by atoms with van der Waals surface area (Å²) in [5.41, 5.74) is 3.79. The van der Waals surface area contributed by atoms with Gasteiger partial charge in [0.1, 0.15) is 5.75 Å². The number of benzene rings is 3. The highest BCUT2D eigenvalue weighted by Crippen LogP contribution is 2.27. The van der Waals surface area contributed by atoms with Gasteiger partial charge in [0.15, 0.2) is 4.80 Å². The van der Waals surface area contributed by atoms with Gasteiger partial charge in [0, 0.05) is 4.47 Å². The monoisotopic (exact) mass is 502 g/mol. The largest absolute Gasteiger partial charge is 0.497 e. The number of hydrogen-bond donors (Lipinski definition) is 0. The molecule has 1 unspecified atom stereocenters. The molecule has 0 amide bonds. The Morgan fingerprint density at radius 1 is 1.03 bits per heavy atom. The molecule has 0 saturated heterocycles. The zero-order chi connectivity index (χ0) is 22.1. The van der Waals surface area contributed by atoms with Crippen molar-refractivity contribution in [2.45, 2.75) is 6.04 Å². The van der Waals surface area contributed by atoms with E-state index >= 15 is 0 Å². The van der Waals surface area contributed by atoms with Crippen LogP contribution in [0.2, 0.25) is 0 Å². The third-order valence-electron chi connectivity index (χ3n) is 5.32. The van der Waals surface area contributed by atoms with Crippen molar-refractivity contribution in [3.63, 3.8) is 0 Å². The Kier molecular flexibility index (Phi) is 5.64. The van der Waals surface area contributed by atoms with E-state index in [1.807, 2.05) is 84.9 Å². The number of halogens is 1. The van der Waals surface area contributed by atoms with Gasteiger partial charge in [-0.15, -0.1) is 0 Å². The van der Waals surface area contributed by atoms with Gasteiger partial charge in [0.05, 0.1) is 23.4 Å². The van der Waals surface area contributed by atoms with Crippen LogP contribution in [0.5, 0.6) is 5.75 Å². The van der Waals surface area contributed by atoms with Crippen LogP contribution in [0.1, 0.15) is 22.7 Å². The molecular formula is C26H19BrN2O2S. The molecular weight excluding hydrogens is 484 g/mol. The highest BCUT2D eigenvalue weighted by Gasteiger charge is 2.22. The second-order valence-electron chi connectivity index (χ2n) is 7.37. The average Bonchev–Trinajstić information content (AvgIpc) is 3.14. The van der Waals surface area contributed by atoms with Crippen molar-refractivity contribution in [2.24, 2.45) is 4.99 Å². The fraction of sp³-hybridized carbons (Fsp3) is 0.0769. The van der Waals surface area contributed by atoms with Crippen molar-refractivity contribution >= 4 is 39.0 Å². The number of rotatable bonds is 4. The molecule has 4 nitrogen and oxygen atoms in total. The van der Waals surface area contributed by atoms with Crippen LogP contribution >= 0.6 is 27.3 Å². The SMILES string of the molecule is COc1cccc(C=c2sc3n(c2=O)C(c2ccc(Br)cc2)C=C(c2ccccc2)N=3)c1. The highest BCUT2D eigenvalue weighted by molar-refractivity contribution is 9.10. The van der Waals surface area contributed by atoms with Crippen molar-refractivity contribution < 1.29 is 4.74 Å². The molecule has 1 aromatic heterocycles. The number of fused-ring (bicyclic) bond motifs is 1. The smallest absolute Gasteiger partial charge is 0.271 e. The minimum absolute atomic E-state index is 0.0483. The Bertz CT molecular complexity index is 1490. The third-order valence-corrected chi connectivity index (χ3v) is 6.83. The molecule has 1 aliphatic rings. The molecule has 0 saturated carbocycles. The van der Waals surface area contributed by atoms with Crippen LogP contribution < -0.4 is 19.6 Å². The second kappa shape index (κ2) is 8.73. The first kappa shape index (κ1) is 20.7. The lowest BCUT2D eigenvalue weighted by Crippen LogP contribution is -2.36. The fourth-order valence-electron chi connectivity index (χ4n) is 3.73. The predicted octanol–water partition coefficient (Wildman–Crippen LogP) is 4.77. The maximum Gasteiger partial charge on any atom is 0.271 e. The van der Waals surface area contributed by atoms with Crippen LogP contribution in [0.25, 0.3) is 11.8 Å². The Morgan fingerprint density at radius 2 is 1.81 bits per heavy atom. The lowest BCUT2D eigenvalue weighted by molar-refractivity contribution is 0.414. The van der Waals surface area contributed by atoms with E-state index in [9.17, 15) is 4.79 Å². The molecule has 0 bridgehead atoms. The normalized spacial score (nSPS) is 15.6. The Balaban J connectivity index is 1.71. The van der Waals surface area contributed by atoms with E-state index in [2.05, 4.69) is 22.0 Å². The molecule has 4 aromatic rings. The maximum absolute atomic E-state index is 13.5. The van der Waals surface area contributed by atoms with E-state index < -0.39 is 0 Å². The lowest BCUT2D eigenvalue weighted by Gasteiger charge is -2.19. The standard InChI is InChI=1S/C26H19BrN2O2S/c1-31-21-9-5-6-17(14-21)15-24-25(30)29-23(19-10-12-20(27)13-11-19)16-22(28-26(29)32-24)18-7-3-2-4-8-18/h2-16,23H,1H3. The highest BCUT2D eigenvalue weighted by atomic mass is 79.9. The first-order valence-corrected chi connectivity index (χ1v) is 11.7. The number of ether oxygens (including phenoxy) is 1. The third kappa shape index (κ3) is 3.99. The van der Waals surface area contributed by atoms with Crippen molar-refractivity contribution in [1.82, 2.24) is 4.57 Å². The molecule has 0 spiro atoms. The molecule has 5 rings (SSSR count). The summed E-state index contributed by atoms with van der Waals surface area (Å²) in [6, 6.07) is 25.6. The van der Waals surface area contributed by atoms with Gasteiger partial charge in [-0.3, -0.25) is 9.36 Å². The maximum atomic E-state index is 13.5. The van der Waals surface area contributed by atoms with E-state index in [-0.39, 0.29) is 11.6 Å². The van der Waals surface area contributed by atoms with Gasteiger partial charge in [-0.25, -0.2) is 4.99 Å². The number of thiazole rings is 1. The van der Waals surface area contributed by atoms with Gasteiger partial charge in [-0.2, -0.15) is 0 Å². The van der Waals surface area contributed by atoms with Gasteiger partial charge < -0.3 is 4.74 Å². The van der Waals surface area contributed by atoms with Gasteiger partial charge in [-0.05, 0) is 53.1 Å². The van der Waals surface area contributed by atoms with E-state index in [0.29, 0.717) is 9.33 Å². The first-order valence-electron chi connectivity index (χ1n) is 10.1. The summed E-state index contributed by atoms with van der Waals surface area (Å²) >= 11 is 4.91. The molecule has 1 aliphatic heterocycles. The summed E-state index contributed by atoms with van der Waals surface area (Å²) in [5.74, 6) is 0.755. The predicted molar refractivity (Wildman–Crippen MR) is 133 cm³/mol. The van der Waals surface area contributed by atoms with E-state index in [1.165, 1.54) is 11.3 Å². The minimum atomic E-state index is -0.234. The number of allylic oxidation sites excluding steroid dienone is 1. The van der Waals surface area contributed by atoms with Gasteiger partial charge in [0.2, 0.25) is 0 Å². The Hall–Kier alpha value is -3.22. The van der Waals surface area contributed by atoms with Crippen LogP contribution in [0.15, 0.2) is 99.2 Å². The molecule has 6 heteroatoms. The molecule has 0 radical (unpaired) electrons. The number of methoxy groups -OCH3 is 1. The summed E-state index contributed by atoms with van der Waals surface area (Å²) in [4.78, 5) is 19.0. The van der Waals surface area contributed by atoms with Crippen LogP contribution in [0.3, 0.4) is 0 Å². The minimum Gasteiger partial charge on any atom is -0.497 e. The van der Waals surface area contributed by atoms with Gasteiger partial charge in [-0.1, -0.05) is 81.9 Å². The van der Waals surface area contributed by atoms with Crippen molar-refractivity contribution in [3.8, 4) is 5.75 Å². The Labute approximate surface area is 197 Å². The van der Waals surface area contributed by atoms with Gasteiger partial charge >= 0.3 is 0 Å². The number of aromatic nitrogens is 1. The second-order valence-corrected chi connectivity index (χ2v) is 9.30. The van der Waals surface area contributed by atoms with Crippen molar-refractivity contribution in [3.05, 3.63) is 126 Å². The summed E-state index contributed by atoms with van der Waals surface area (Å²) < 4.78 is 8.74. The molecule has 0 aliphatic carbocycles. The van der Waals surface area contributed by atoms with Crippen LogP contribution in [0, 0.1) is 0 Å². The molecule has 1 atom stereocenters. The molecule has 0 N–H and O–H groups in total. The van der Waals surface area contributed by atoms with Crippen molar-refractivity contribution in [2.75, 3.05) is 7.11 Å². The lowest BCUT2D eigenvalue weighted by atomic mass is 10.0. The van der Waals surface area contributed by atoms with E-state index in [4.69, 9.17) is 9.73 Å². The molecule has 2 heterocycles. The van der Waals surface area contributed by atoms with E-state index in [1.54, 1.807) is 11.7 Å². The summed E-state index contributed by atoms with van der Waals surface area (Å²) in [6.45, 7) is 0. The fourth-order valence-corrected chi connectivity index (χ4v) is 5.01.